The maximum Gasteiger partial charge on any atom is 0.162 e. The van der Waals surface area contributed by atoms with E-state index in [2.05, 4.69) is 4.98 Å². The van der Waals surface area contributed by atoms with Crippen LogP contribution in [0.4, 0.5) is 0 Å². The van der Waals surface area contributed by atoms with Crippen molar-refractivity contribution in [1.29, 1.82) is 5.26 Å². The molecule has 2 aromatic rings. The summed E-state index contributed by atoms with van der Waals surface area (Å²) in [6, 6.07) is 13.3. The fraction of sp³-hybridized carbons (Fsp3) is 0.200. The van der Waals surface area contributed by atoms with Crippen molar-refractivity contribution in [3.63, 3.8) is 0 Å². The molecule has 100 valence electrons. The molecule has 4 nitrogen and oxygen atoms in total. The van der Waals surface area contributed by atoms with Crippen LogP contribution >= 0.6 is 11.8 Å². The van der Waals surface area contributed by atoms with Gasteiger partial charge in [0, 0.05) is 11.3 Å². The third kappa shape index (κ3) is 2.86. The van der Waals surface area contributed by atoms with Gasteiger partial charge in [0.2, 0.25) is 0 Å². The van der Waals surface area contributed by atoms with Gasteiger partial charge in [-0.2, -0.15) is 5.26 Å². The molecule has 0 saturated heterocycles. The van der Waals surface area contributed by atoms with Crippen molar-refractivity contribution in [1.82, 2.24) is 4.98 Å². The van der Waals surface area contributed by atoms with Crippen LogP contribution in [0.15, 0.2) is 46.3 Å². The first-order chi connectivity index (χ1) is 9.85. The molecule has 0 spiro atoms. The number of nitrogens with zero attached hydrogens (tertiary/aromatic N) is 2. The number of pyridine rings is 1. The Morgan fingerprint density at radius 2 is 1.95 bits per heavy atom. The fourth-order valence-corrected chi connectivity index (χ4v) is 2.70. The van der Waals surface area contributed by atoms with Gasteiger partial charge in [0.25, 0.3) is 0 Å². The summed E-state index contributed by atoms with van der Waals surface area (Å²) >= 11 is 1.50. The number of benzene rings is 1. The molecular weight excluding hydrogens is 272 g/mol. The van der Waals surface area contributed by atoms with Crippen molar-refractivity contribution in [2.75, 3.05) is 13.2 Å². The smallest absolute Gasteiger partial charge is 0.162 e. The highest BCUT2D eigenvalue weighted by Gasteiger charge is 2.11. The highest BCUT2D eigenvalue weighted by molar-refractivity contribution is 7.99. The monoisotopic (exact) mass is 284 g/mol. The Morgan fingerprint density at radius 3 is 2.80 bits per heavy atom. The summed E-state index contributed by atoms with van der Waals surface area (Å²) in [5.41, 5.74) is 0.421. The quantitative estimate of drug-likeness (QED) is 0.847. The third-order valence-electron chi connectivity index (χ3n) is 2.78. The number of fused-ring (bicyclic) bond motifs is 1. The Hall–Kier alpha value is -2.19. The fourth-order valence-electron chi connectivity index (χ4n) is 1.86. The molecule has 3 rings (SSSR count). The Bertz CT molecular complexity index is 667. The molecule has 2 heterocycles. The average Bonchev–Trinajstić information content (AvgIpc) is 2.72. The molecular formula is C15H12N2O2S. The molecule has 0 radical (unpaired) electrons. The number of nitriles is 1. The minimum Gasteiger partial charge on any atom is -0.490 e. The van der Waals surface area contributed by atoms with Gasteiger partial charge in [-0.25, -0.2) is 4.98 Å². The second-order valence-corrected chi connectivity index (χ2v) is 5.33. The summed E-state index contributed by atoms with van der Waals surface area (Å²) < 4.78 is 11.3. The van der Waals surface area contributed by atoms with Crippen LogP contribution in [0, 0.1) is 11.3 Å². The van der Waals surface area contributed by atoms with E-state index < -0.39 is 0 Å². The standard InChI is InChI=1S/C15H12N2O2S/c16-10-11-3-1-4-15(17-11)20-12-5-6-13-14(9-12)19-8-2-7-18-13/h1,3-6,9H,2,7-8H2. The van der Waals surface area contributed by atoms with E-state index in [0.717, 1.165) is 27.8 Å². The van der Waals surface area contributed by atoms with E-state index in [-0.39, 0.29) is 0 Å². The molecule has 0 amide bonds. The van der Waals surface area contributed by atoms with Crippen molar-refractivity contribution in [2.24, 2.45) is 0 Å². The third-order valence-corrected chi connectivity index (χ3v) is 3.71. The molecule has 5 heteroatoms. The van der Waals surface area contributed by atoms with E-state index in [1.54, 1.807) is 6.07 Å². The topological polar surface area (TPSA) is 55.1 Å². The van der Waals surface area contributed by atoms with Crippen LogP contribution < -0.4 is 9.47 Å². The lowest BCUT2D eigenvalue weighted by atomic mass is 10.3. The lowest BCUT2D eigenvalue weighted by Crippen LogP contribution is -1.97. The maximum atomic E-state index is 8.86. The highest BCUT2D eigenvalue weighted by atomic mass is 32.2. The summed E-state index contributed by atoms with van der Waals surface area (Å²) in [6.07, 6.45) is 0.892. The molecule has 0 fully saturated rings. The van der Waals surface area contributed by atoms with Gasteiger partial charge < -0.3 is 9.47 Å². The van der Waals surface area contributed by atoms with Crippen LogP contribution in [-0.2, 0) is 0 Å². The van der Waals surface area contributed by atoms with Gasteiger partial charge in [-0.15, -0.1) is 0 Å². The molecule has 1 aromatic carbocycles. The summed E-state index contributed by atoms with van der Waals surface area (Å²) in [4.78, 5) is 5.26. The number of hydrogen-bond donors (Lipinski definition) is 0. The Labute approximate surface area is 121 Å². The first-order valence-corrected chi connectivity index (χ1v) is 7.11. The molecule has 1 aliphatic heterocycles. The van der Waals surface area contributed by atoms with Crippen molar-refractivity contribution < 1.29 is 9.47 Å². The lowest BCUT2D eigenvalue weighted by molar-refractivity contribution is 0.297. The summed E-state index contributed by atoms with van der Waals surface area (Å²) in [7, 11) is 0. The molecule has 1 aliphatic rings. The van der Waals surface area contributed by atoms with Gasteiger partial charge in [-0.1, -0.05) is 17.8 Å². The van der Waals surface area contributed by atoms with Gasteiger partial charge in [0.1, 0.15) is 16.8 Å². The van der Waals surface area contributed by atoms with Crippen LogP contribution in [0.3, 0.4) is 0 Å². The number of ether oxygens (including phenoxy) is 2. The Kier molecular flexibility index (Phi) is 3.75. The van der Waals surface area contributed by atoms with Crippen molar-refractivity contribution in [2.45, 2.75) is 16.3 Å². The molecule has 1 aromatic heterocycles. The second-order valence-electron chi connectivity index (χ2n) is 4.23. The van der Waals surface area contributed by atoms with Gasteiger partial charge in [0.05, 0.1) is 13.2 Å². The predicted molar refractivity (Wildman–Crippen MR) is 75.1 cm³/mol. The van der Waals surface area contributed by atoms with Crippen LogP contribution in [0.1, 0.15) is 12.1 Å². The highest BCUT2D eigenvalue weighted by Crippen LogP contribution is 2.35. The van der Waals surface area contributed by atoms with E-state index in [1.807, 2.05) is 36.4 Å². The van der Waals surface area contributed by atoms with Gasteiger partial charge in [-0.3, -0.25) is 0 Å². The molecule has 0 unspecified atom stereocenters. The number of rotatable bonds is 2. The zero-order valence-electron chi connectivity index (χ0n) is 10.7. The Balaban J connectivity index is 1.84. The average molecular weight is 284 g/mol. The second kappa shape index (κ2) is 5.85. The Morgan fingerprint density at radius 1 is 1.10 bits per heavy atom. The molecule has 0 atom stereocenters. The SMILES string of the molecule is N#Cc1cccc(Sc2ccc3c(c2)OCCCO3)n1. The van der Waals surface area contributed by atoms with Gasteiger partial charge >= 0.3 is 0 Å². The zero-order valence-corrected chi connectivity index (χ0v) is 11.5. The molecule has 0 aliphatic carbocycles. The van der Waals surface area contributed by atoms with Crippen LogP contribution in [-0.4, -0.2) is 18.2 Å². The first kappa shape index (κ1) is 12.8. The van der Waals surface area contributed by atoms with E-state index in [0.29, 0.717) is 18.9 Å². The largest absolute Gasteiger partial charge is 0.490 e. The minimum atomic E-state index is 0.421. The van der Waals surface area contributed by atoms with Crippen molar-refractivity contribution >= 4 is 11.8 Å². The van der Waals surface area contributed by atoms with E-state index in [9.17, 15) is 0 Å². The maximum absolute atomic E-state index is 8.86. The number of hydrogen-bond acceptors (Lipinski definition) is 5. The van der Waals surface area contributed by atoms with E-state index in [1.165, 1.54) is 11.8 Å². The van der Waals surface area contributed by atoms with Crippen LogP contribution in [0.2, 0.25) is 0 Å². The van der Waals surface area contributed by atoms with Crippen LogP contribution in [0.25, 0.3) is 0 Å². The zero-order chi connectivity index (χ0) is 13.8. The van der Waals surface area contributed by atoms with Crippen LogP contribution in [0.5, 0.6) is 11.5 Å². The molecule has 0 bridgehead atoms. The molecule has 20 heavy (non-hydrogen) atoms. The molecule has 0 N–H and O–H groups in total. The van der Waals surface area contributed by atoms with Gasteiger partial charge in [-0.05, 0) is 30.3 Å². The van der Waals surface area contributed by atoms with Crippen molar-refractivity contribution in [3.05, 3.63) is 42.1 Å². The number of aromatic nitrogens is 1. The summed E-state index contributed by atoms with van der Waals surface area (Å²) in [5, 5.41) is 9.65. The minimum absolute atomic E-state index is 0.421. The van der Waals surface area contributed by atoms with Gasteiger partial charge in [0.15, 0.2) is 11.5 Å². The van der Waals surface area contributed by atoms with Crippen molar-refractivity contribution in [3.8, 4) is 17.6 Å². The first-order valence-electron chi connectivity index (χ1n) is 6.30. The normalized spacial score (nSPS) is 13.3. The summed E-state index contributed by atoms with van der Waals surface area (Å²) in [5.74, 6) is 1.55. The molecule has 0 saturated carbocycles. The van der Waals surface area contributed by atoms with E-state index >= 15 is 0 Å². The predicted octanol–water partition coefficient (Wildman–Crippen LogP) is 3.27. The summed E-state index contributed by atoms with van der Waals surface area (Å²) in [6.45, 7) is 1.36. The lowest BCUT2D eigenvalue weighted by Gasteiger charge is -2.08. The van der Waals surface area contributed by atoms with E-state index in [4.69, 9.17) is 14.7 Å².